The number of aryl methyl sites for hydroxylation is 1. The Kier molecular flexibility index (Phi) is 7.95. The van der Waals surface area contributed by atoms with Crippen molar-refractivity contribution in [1.82, 2.24) is 14.8 Å². The second-order valence-electron chi connectivity index (χ2n) is 13.2. The van der Waals surface area contributed by atoms with Crippen molar-refractivity contribution >= 4 is 34.3 Å². The third-order valence-electron chi connectivity index (χ3n) is 9.43. The number of nitrogens with zero attached hydrogens (tertiary/aromatic N) is 2. The molecular formula is C33H45N3O4. The third kappa shape index (κ3) is 5.48. The van der Waals surface area contributed by atoms with Gasteiger partial charge in [0.1, 0.15) is 6.54 Å². The number of carbonyl (C=O) groups excluding carboxylic acids is 4. The highest BCUT2D eigenvalue weighted by Crippen LogP contribution is 2.59. The van der Waals surface area contributed by atoms with Crippen LogP contribution in [0.4, 0.5) is 0 Å². The van der Waals surface area contributed by atoms with Crippen LogP contribution in [0.15, 0.2) is 18.3 Å². The minimum absolute atomic E-state index is 0.00280. The number of benzene rings is 1. The zero-order valence-corrected chi connectivity index (χ0v) is 24.8. The summed E-state index contributed by atoms with van der Waals surface area (Å²) >= 11 is 0. The van der Waals surface area contributed by atoms with Gasteiger partial charge in [-0.25, -0.2) is 0 Å². The van der Waals surface area contributed by atoms with Gasteiger partial charge in [0.25, 0.3) is 0 Å². The number of nitrogens with one attached hydrogen (secondary N) is 1. The summed E-state index contributed by atoms with van der Waals surface area (Å²) in [5, 5.41) is 4.07. The predicted molar refractivity (Wildman–Crippen MR) is 156 cm³/mol. The molecule has 1 saturated heterocycles. The minimum Gasteiger partial charge on any atom is -0.355 e. The minimum atomic E-state index is -0.447. The quantitative estimate of drug-likeness (QED) is 0.518. The monoisotopic (exact) mass is 547 g/mol. The van der Waals surface area contributed by atoms with Crippen molar-refractivity contribution in [2.75, 3.05) is 6.54 Å². The van der Waals surface area contributed by atoms with Crippen LogP contribution in [0.25, 0.3) is 10.9 Å². The number of amides is 2. The highest BCUT2D eigenvalue weighted by Gasteiger charge is 2.66. The van der Waals surface area contributed by atoms with E-state index in [-0.39, 0.29) is 41.4 Å². The first-order chi connectivity index (χ1) is 19.0. The average Bonchev–Trinajstić information content (AvgIpc) is 3.30. The lowest BCUT2D eigenvalue weighted by Gasteiger charge is -2.27. The van der Waals surface area contributed by atoms with E-state index < -0.39 is 6.04 Å². The number of rotatable bonds is 5. The molecule has 5 rings (SSSR count). The molecule has 7 heteroatoms. The molecule has 2 bridgehead atoms. The molecule has 7 nitrogen and oxygen atoms in total. The molecule has 1 aromatic carbocycles. The number of carbonyl (C=O) groups is 4. The molecule has 2 aromatic rings. The van der Waals surface area contributed by atoms with Gasteiger partial charge in [-0.3, -0.25) is 19.2 Å². The van der Waals surface area contributed by atoms with E-state index in [1.165, 1.54) is 11.1 Å². The summed E-state index contributed by atoms with van der Waals surface area (Å²) in [5.41, 5.74) is 3.81. The van der Waals surface area contributed by atoms with Gasteiger partial charge in [0.2, 0.25) is 11.8 Å². The van der Waals surface area contributed by atoms with E-state index in [1.54, 1.807) is 6.92 Å². The van der Waals surface area contributed by atoms with Gasteiger partial charge in [0, 0.05) is 48.0 Å². The highest BCUT2D eigenvalue weighted by atomic mass is 16.2. The van der Waals surface area contributed by atoms with E-state index in [1.807, 2.05) is 22.6 Å². The zero-order valence-electron chi connectivity index (χ0n) is 24.8. The van der Waals surface area contributed by atoms with Crippen molar-refractivity contribution in [3.05, 3.63) is 35.0 Å². The molecule has 1 aliphatic carbocycles. The first-order valence-corrected chi connectivity index (χ1v) is 15.3. The summed E-state index contributed by atoms with van der Waals surface area (Å²) in [6.45, 7) is 10.6. The van der Waals surface area contributed by atoms with Crippen LogP contribution in [0.5, 0.6) is 0 Å². The second-order valence-corrected chi connectivity index (χ2v) is 13.2. The standard InChI is InChI=1S/C33H45N3O4/c1-6-28(38)27-15-33-16-29(33)36(27)31(40)18-35-17-26(22(5)37)25-14-23(11-20(2)3)13-24(32(25)35)10-8-7-9-21(4)12-30(39)34-19-33/h13-14,17,20-21,27,29H,6-12,15-16,18-19H2,1-5H3,(H,34,39)/t21-,27-,29+,33-/m0/s1. The maximum Gasteiger partial charge on any atom is 0.243 e. The number of hydrogen-bond donors (Lipinski definition) is 1. The summed E-state index contributed by atoms with van der Waals surface area (Å²) in [5.74, 6) is 0.838. The fourth-order valence-corrected chi connectivity index (χ4v) is 7.33. The fourth-order valence-electron chi connectivity index (χ4n) is 7.33. The first-order valence-electron chi connectivity index (χ1n) is 15.3. The van der Waals surface area contributed by atoms with E-state index >= 15 is 0 Å². The van der Waals surface area contributed by atoms with Gasteiger partial charge >= 0.3 is 0 Å². The Hall–Kier alpha value is -2.96. The third-order valence-corrected chi connectivity index (χ3v) is 9.43. The molecule has 0 radical (unpaired) electrons. The number of ketones is 2. The molecular weight excluding hydrogens is 502 g/mol. The van der Waals surface area contributed by atoms with Gasteiger partial charge in [-0.15, -0.1) is 0 Å². The van der Waals surface area contributed by atoms with Crippen molar-refractivity contribution in [2.24, 2.45) is 17.3 Å². The van der Waals surface area contributed by atoms with Gasteiger partial charge in [-0.1, -0.05) is 46.6 Å². The van der Waals surface area contributed by atoms with E-state index in [0.717, 1.165) is 49.4 Å². The van der Waals surface area contributed by atoms with Crippen LogP contribution in [-0.2, 0) is 33.8 Å². The Morgan fingerprint density at radius 2 is 1.93 bits per heavy atom. The second kappa shape index (κ2) is 11.1. The molecule has 3 heterocycles. The smallest absolute Gasteiger partial charge is 0.243 e. The van der Waals surface area contributed by atoms with Gasteiger partial charge in [-0.2, -0.15) is 0 Å². The normalized spacial score (nSPS) is 27.4. The average molecular weight is 548 g/mol. The molecule has 2 aliphatic heterocycles. The molecule has 1 N–H and O–H groups in total. The van der Waals surface area contributed by atoms with Crippen LogP contribution in [-0.4, -0.2) is 51.5 Å². The molecule has 216 valence electrons. The molecule has 0 spiro atoms. The number of aromatic nitrogens is 1. The van der Waals surface area contributed by atoms with Crippen LogP contribution in [0.2, 0.25) is 0 Å². The highest BCUT2D eigenvalue weighted by molar-refractivity contribution is 6.08. The lowest BCUT2D eigenvalue weighted by Crippen LogP contribution is -2.44. The number of hydrogen-bond acceptors (Lipinski definition) is 4. The Bertz CT molecular complexity index is 1340. The van der Waals surface area contributed by atoms with Crippen molar-refractivity contribution in [2.45, 2.75) is 111 Å². The zero-order chi connectivity index (χ0) is 28.8. The molecule has 2 fully saturated rings. The lowest BCUT2D eigenvalue weighted by atomic mass is 9.93. The van der Waals surface area contributed by atoms with E-state index in [0.29, 0.717) is 43.2 Å². The van der Waals surface area contributed by atoms with E-state index in [9.17, 15) is 19.2 Å². The first kappa shape index (κ1) is 28.6. The SMILES string of the molecule is CCC(=O)[C@@H]1C[C@]23CNC(=O)C[C@@H](C)CCCCc4cc(CC(C)C)cc5c(C(C)=O)cn(c45)CC(=O)N1[C@@H]2C3. The Morgan fingerprint density at radius 1 is 1.15 bits per heavy atom. The van der Waals surface area contributed by atoms with Crippen LogP contribution < -0.4 is 5.32 Å². The predicted octanol–water partition coefficient (Wildman–Crippen LogP) is 5.25. The van der Waals surface area contributed by atoms with Crippen molar-refractivity contribution in [3.8, 4) is 0 Å². The van der Waals surface area contributed by atoms with Crippen LogP contribution in [0.1, 0.15) is 101 Å². The van der Waals surface area contributed by atoms with Gasteiger partial charge in [-0.05, 0) is 68.1 Å². The van der Waals surface area contributed by atoms with Crippen molar-refractivity contribution in [1.29, 1.82) is 0 Å². The molecule has 40 heavy (non-hydrogen) atoms. The summed E-state index contributed by atoms with van der Waals surface area (Å²) in [4.78, 5) is 54.4. The molecule has 2 amide bonds. The lowest BCUT2D eigenvalue weighted by molar-refractivity contribution is -0.139. The van der Waals surface area contributed by atoms with Crippen LogP contribution >= 0.6 is 0 Å². The van der Waals surface area contributed by atoms with Crippen molar-refractivity contribution < 1.29 is 19.2 Å². The van der Waals surface area contributed by atoms with E-state index in [2.05, 4.69) is 38.2 Å². The molecule has 1 saturated carbocycles. The summed E-state index contributed by atoms with van der Waals surface area (Å²) in [7, 11) is 0. The molecule has 3 aliphatic rings. The molecule has 1 aromatic heterocycles. The summed E-state index contributed by atoms with van der Waals surface area (Å²) in [6.07, 6.45) is 8.92. The topological polar surface area (TPSA) is 88.5 Å². The number of Topliss-reactive ketones (excluding diaryl/α,β-unsaturated/α-hetero) is 2. The Balaban J connectivity index is 1.58. The largest absolute Gasteiger partial charge is 0.355 e. The summed E-state index contributed by atoms with van der Waals surface area (Å²) in [6, 6.07) is 3.94. The van der Waals surface area contributed by atoms with Crippen LogP contribution in [0, 0.1) is 17.3 Å². The van der Waals surface area contributed by atoms with Gasteiger partial charge in [0.15, 0.2) is 11.6 Å². The van der Waals surface area contributed by atoms with Gasteiger partial charge < -0.3 is 14.8 Å². The Morgan fingerprint density at radius 3 is 2.62 bits per heavy atom. The summed E-state index contributed by atoms with van der Waals surface area (Å²) < 4.78 is 1.97. The maximum atomic E-state index is 14.0. The molecule has 4 atom stereocenters. The maximum absolute atomic E-state index is 14.0. The van der Waals surface area contributed by atoms with Crippen LogP contribution in [0.3, 0.4) is 0 Å². The fraction of sp³-hybridized carbons (Fsp3) is 0.636. The number of piperidine rings is 1. The van der Waals surface area contributed by atoms with Gasteiger partial charge in [0.05, 0.1) is 11.6 Å². The van der Waals surface area contributed by atoms with E-state index in [4.69, 9.17) is 0 Å². The molecule has 0 unspecified atom stereocenters. The Labute approximate surface area is 238 Å². The van der Waals surface area contributed by atoms with Crippen molar-refractivity contribution in [3.63, 3.8) is 0 Å².